The van der Waals surface area contributed by atoms with E-state index in [9.17, 15) is 0 Å². The van der Waals surface area contributed by atoms with Crippen LogP contribution in [0.5, 0.6) is 0 Å². The number of allylic oxidation sites excluding steroid dienone is 8. The molecule has 52 heavy (non-hydrogen) atoms. The summed E-state index contributed by atoms with van der Waals surface area (Å²) in [6.45, 7) is 6.97. The van der Waals surface area contributed by atoms with Crippen LogP contribution in [0.2, 0.25) is 0 Å². The van der Waals surface area contributed by atoms with Crippen molar-refractivity contribution in [3.63, 3.8) is 0 Å². The monoisotopic (exact) mass is 673 g/mol. The van der Waals surface area contributed by atoms with Crippen molar-refractivity contribution in [2.24, 2.45) is 21.6 Å². The molecule has 0 spiro atoms. The first-order valence-corrected chi connectivity index (χ1v) is 17.7. The van der Waals surface area contributed by atoms with E-state index in [1.54, 1.807) is 0 Å². The summed E-state index contributed by atoms with van der Waals surface area (Å²) in [5, 5.41) is 1.19. The Labute approximate surface area is 305 Å². The quantitative estimate of drug-likeness (QED) is 0.106. The summed E-state index contributed by atoms with van der Waals surface area (Å²) < 4.78 is 2.39. The number of hydrogen-bond acceptors (Lipinski definition) is 1. The van der Waals surface area contributed by atoms with Gasteiger partial charge < -0.3 is 10.3 Å². The number of nitrogens with zero attached hydrogens (tertiary/aromatic N) is 4. The molecule has 5 nitrogen and oxygen atoms in total. The second-order valence-corrected chi connectivity index (χ2v) is 12.9. The summed E-state index contributed by atoms with van der Waals surface area (Å²) in [5.74, 6) is 7.81. The minimum atomic E-state index is -0.234. The van der Waals surface area contributed by atoms with E-state index in [0.717, 1.165) is 51.4 Å². The third kappa shape index (κ3) is 5.85. The van der Waals surface area contributed by atoms with Crippen molar-refractivity contribution in [2.45, 2.75) is 25.8 Å². The van der Waals surface area contributed by atoms with Crippen molar-refractivity contribution in [3.05, 3.63) is 203 Å². The average Bonchev–Trinajstić information content (AvgIpc) is 3.61. The van der Waals surface area contributed by atoms with Crippen LogP contribution < -0.4 is 5.73 Å². The van der Waals surface area contributed by atoms with Crippen LogP contribution in [0.15, 0.2) is 191 Å². The number of aromatic nitrogens is 1. The number of fused-ring (bicyclic) bond motifs is 4. The van der Waals surface area contributed by atoms with Gasteiger partial charge in [-0.1, -0.05) is 134 Å². The molecule has 8 rings (SSSR count). The van der Waals surface area contributed by atoms with Gasteiger partial charge in [0.2, 0.25) is 5.96 Å². The van der Waals surface area contributed by atoms with Gasteiger partial charge in [-0.25, -0.2) is 4.99 Å². The minimum absolute atomic E-state index is 0.0373. The molecule has 1 aromatic heterocycles. The molecule has 2 unspecified atom stereocenters. The molecule has 5 aromatic rings. The molecule has 0 bridgehead atoms. The van der Waals surface area contributed by atoms with Crippen molar-refractivity contribution < 1.29 is 0 Å². The molecular formula is C47H39N5. The molecule has 2 atom stereocenters. The van der Waals surface area contributed by atoms with Gasteiger partial charge in [0.05, 0.1) is 29.4 Å². The van der Waals surface area contributed by atoms with E-state index in [-0.39, 0.29) is 11.8 Å². The third-order valence-corrected chi connectivity index (χ3v) is 9.92. The van der Waals surface area contributed by atoms with Crippen LogP contribution in [0.25, 0.3) is 22.7 Å². The molecule has 2 heterocycles. The number of rotatable bonds is 7. The van der Waals surface area contributed by atoms with Crippen LogP contribution in [-0.4, -0.2) is 21.3 Å². The molecule has 252 valence electrons. The van der Waals surface area contributed by atoms with Crippen molar-refractivity contribution in [2.75, 3.05) is 0 Å². The van der Waals surface area contributed by atoms with Gasteiger partial charge in [-0.2, -0.15) is 4.99 Å². The minimum Gasteiger partial charge on any atom is -0.383 e. The molecule has 1 aliphatic heterocycles. The zero-order valence-corrected chi connectivity index (χ0v) is 29.2. The van der Waals surface area contributed by atoms with E-state index < -0.39 is 0 Å². The van der Waals surface area contributed by atoms with Gasteiger partial charge in [0.25, 0.3) is 0 Å². The largest absolute Gasteiger partial charge is 0.383 e. The van der Waals surface area contributed by atoms with Crippen molar-refractivity contribution in [1.82, 2.24) is 9.47 Å². The Kier molecular flexibility index (Phi) is 8.96. The highest BCUT2D eigenvalue weighted by molar-refractivity contribution is 6.06. The zero-order chi connectivity index (χ0) is 35.4. The molecule has 0 fully saturated rings. The standard InChI is InChI=1S/C47H39N5/c1-3-36(38-27-14-15-28-39-37-26-16-18-30-42(37)51(45(38)39)35-24-12-7-13-25-35)44-40-29-17-19-31-43(40)52(41(44)4-2)47(49-32-33-20-8-5-9-21-33)50-46(48)34-22-10-6-11-23-34/h3-13,15-26,28,30-31,38,40H,2,29,32H2,1H3,(H2,48,49,50)/b36-3-. The molecule has 0 amide bonds. The van der Waals surface area contributed by atoms with E-state index in [0.29, 0.717) is 18.3 Å². The lowest BCUT2D eigenvalue weighted by Crippen LogP contribution is -2.29. The highest BCUT2D eigenvalue weighted by Gasteiger charge is 2.41. The van der Waals surface area contributed by atoms with E-state index in [1.165, 1.54) is 16.5 Å². The summed E-state index contributed by atoms with van der Waals surface area (Å²) in [6, 6.07) is 39.3. The highest BCUT2D eigenvalue weighted by Crippen LogP contribution is 2.50. The lowest BCUT2D eigenvalue weighted by Gasteiger charge is -2.26. The van der Waals surface area contributed by atoms with E-state index in [2.05, 4.69) is 132 Å². The van der Waals surface area contributed by atoms with Gasteiger partial charge in [-0.05, 0) is 72.6 Å². The van der Waals surface area contributed by atoms with Crippen molar-refractivity contribution in [1.29, 1.82) is 0 Å². The number of aliphatic imine (C=N–C) groups is 2. The molecule has 0 radical (unpaired) electrons. The predicted octanol–water partition coefficient (Wildman–Crippen LogP) is 9.87. The molecule has 3 aliphatic rings. The van der Waals surface area contributed by atoms with Crippen LogP contribution in [0.3, 0.4) is 0 Å². The smallest absolute Gasteiger partial charge is 0.232 e. The normalized spacial score (nSPS) is 18.4. The molecule has 2 aliphatic carbocycles. The first kappa shape index (κ1) is 32.6. The molecule has 0 saturated carbocycles. The molecular weight excluding hydrogens is 635 g/mol. The Morgan fingerprint density at radius 2 is 1.63 bits per heavy atom. The van der Waals surface area contributed by atoms with Crippen LogP contribution in [-0.2, 0) is 6.54 Å². The topological polar surface area (TPSA) is 58.9 Å². The van der Waals surface area contributed by atoms with Gasteiger partial charge in [0.1, 0.15) is 5.84 Å². The van der Waals surface area contributed by atoms with Crippen LogP contribution in [0.4, 0.5) is 0 Å². The summed E-state index contributed by atoms with van der Waals surface area (Å²) >= 11 is 0. The van der Waals surface area contributed by atoms with E-state index >= 15 is 0 Å². The van der Waals surface area contributed by atoms with E-state index in [1.807, 2.05) is 60.7 Å². The van der Waals surface area contributed by atoms with Gasteiger partial charge in [-0.3, -0.25) is 4.90 Å². The highest BCUT2D eigenvalue weighted by atomic mass is 15.3. The lowest BCUT2D eigenvalue weighted by atomic mass is 9.80. The second-order valence-electron chi connectivity index (χ2n) is 12.9. The second kappa shape index (κ2) is 14.3. The number of amidine groups is 1. The number of hydrogen-bond donors (Lipinski definition) is 1. The maximum atomic E-state index is 6.73. The van der Waals surface area contributed by atoms with Crippen molar-refractivity contribution >= 4 is 28.8 Å². The molecule has 4 aromatic carbocycles. The number of guanidine groups is 1. The Hall–Kier alpha value is -6.64. The van der Waals surface area contributed by atoms with Gasteiger partial charge in [-0.15, -0.1) is 0 Å². The molecule has 0 saturated heterocycles. The number of nitrogens with two attached hydrogens (primary N) is 1. The number of benzene rings is 4. The number of para-hydroxylation sites is 2. The Morgan fingerprint density at radius 1 is 0.923 bits per heavy atom. The summed E-state index contributed by atoms with van der Waals surface area (Å²) in [7, 11) is 0. The third-order valence-electron chi connectivity index (χ3n) is 9.92. The molecule has 5 heteroatoms. The summed E-state index contributed by atoms with van der Waals surface area (Å²) in [6.07, 6.45) is 15.7. The Balaban J connectivity index is 1.33. The predicted molar refractivity (Wildman–Crippen MR) is 216 cm³/mol. The maximum absolute atomic E-state index is 6.73. The average molecular weight is 674 g/mol. The summed E-state index contributed by atoms with van der Waals surface area (Å²) in [5.41, 5.74) is 17.6. The Morgan fingerprint density at radius 3 is 2.38 bits per heavy atom. The fourth-order valence-electron chi connectivity index (χ4n) is 7.64. The van der Waals surface area contributed by atoms with Crippen LogP contribution in [0, 0.1) is 17.8 Å². The fourth-order valence-corrected chi connectivity index (χ4v) is 7.64. The first-order chi connectivity index (χ1) is 25.7. The van der Waals surface area contributed by atoms with Crippen molar-refractivity contribution in [3.8, 4) is 17.5 Å². The van der Waals surface area contributed by atoms with Crippen LogP contribution in [0.1, 0.15) is 41.6 Å². The summed E-state index contributed by atoms with van der Waals surface area (Å²) in [4.78, 5) is 12.4. The lowest BCUT2D eigenvalue weighted by molar-refractivity contribution is 0.589. The fraction of sp³-hybridized carbons (Fsp3) is 0.106. The Bertz CT molecular complexity index is 2440. The van der Waals surface area contributed by atoms with Gasteiger partial charge >= 0.3 is 0 Å². The van der Waals surface area contributed by atoms with E-state index in [4.69, 9.17) is 15.7 Å². The first-order valence-electron chi connectivity index (χ1n) is 17.7. The van der Waals surface area contributed by atoms with Gasteiger partial charge in [0, 0.05) is 33.8 Å². The zero-order valence-electron chi connectivity index (χ0n) is 29.2. The molecule has 2 N–H and O–H groups in total. The van der Waals surface area contributed by atoms with Crippen LogP contribution >= 0.6 is 0 Å². The SMILES string of the molecule is C=CC1=C(/C(=C\C)C2C#CC=Cc3c2n(-c2ccccc2)c2ccccc32)C2CC=CC=C2N1C(=NCc1ccccc1)/N=C(\N)c1ccccc1. The van der Waals surface area contributed by atoms with Gasteiger partial charge in [0.15, 0.2) is 0 Å². The maximum Gasteiger partial charge on any atom is 0.232 e.